The van der Waals surface area contributed by atoms with Gasteiger partial charge >= 0.3 is 6.03 Å². The topological polar surface area (TPSA) is 59.6 Å². The van der Waals surface area contributed by atoms with Gasteiger partial charge in [-0.2, -0.15) is 0 Å². The number of rotatable bonds is 8. The second-order valence-corrected chi connectivity index (χ2v) is 5.12. The predicted octanol–water partition coefficient (Wildman–Crippen LogP) is 3.87. The first-order valence-corrected chi connectivity index (χ1v) is 8.16. The van der Waals surface area contributed by atoms with Crippen molar-refractivity contribution in [2.75, 3.05) is 25.1 Å². The van der Waals surface area contributed by atoms with Crippen molar-refractivity contribution in [1.29, 1.82) is 0 Å². The standard InChI is InChI=1S/C19H24N2O3/c1-3-23-18(24-4-2)14-20-19(22)21-17-12-10-16(11-13-17)15-8-6-5-7-9-15/h5-13,18H,3-4,14H2,1-2H3,(H2,20,21,22). The van der Waals surface area contributed by atoms with E-state index >= 15 is 0 Å². The minimum atomic E-state index is -0.425. The molecule has 24 heavy (non-hydrogen) atoms. The number of benzene rings is 2. The van der Waals surface area contributed by atoms with Crippen LogP contribution in [0.25, 0.3) is 11.1 Å². The van der Waals surface area contributed by atoms with Crippen LogP contribution >= 0.6 is 0 Å². The highest BCUT2D eigenvalue weighted by Crippen LogP contribution is 2.20. The smallest absolute Gasteiger partial charge is 0.319 e. The maximum absolute atomic E-state index is 11.9. The van der Waals surface area contributed by atoms with Gasteiger partial charge in [-0.3, -0.25) is 0 Å². The molecular weight excluding hydrogens is 304 g/mol. The van der Waals surface area contributed by atoms with Gasteiger partial charge in [0.2, 0.25) is 0 Å². The Balaban J connectivity index is 1.85. The Kier molecular flexibility index (Phi) is 7.26. The number of urea groups is 1. The lowest BCUT2D eigenvalue weighted by molar-refractivity contribution is -0.131. The van der Waals surface area contributed by atoms with E-state index in [1.807, 2.05) is 56.3 Å². The zero-order chi connectivity index (χ0) is 17.2. The van der Waals surface area contributed by atoms with E-state index < -0.39 is 6.29 Å². The number of hydrogen-bond donors (Lipinski definition) is 2. The van der Waals surface area contributed by atoms with Crippen LogP contribution in [0.15, 0.2) is 54.6 Å². The van der Waals surface area contributed by atoms with Gasteiger partial charge in [0.15, 0.2) is 6.29 Å². The number of carbonyl (C=O) groups is 1. The lowest BCUT2D eigenvalue weighted by Gasteiger charge is -2.17. The summed E-state index contributed by atoms with van der Waals surface area (Å²) in [5, 5.41) is 5.55. The number of nitrogens with one attached hydrogen (secondary N) is 2. The van der Waals surface area contributed by atoms with Crippen molar-refractivity contribution in [1.82, 2.24) is 5.32 Å². The Labute approximate surface area is 143 Å². The van der Waals surface area contributed by atoms with Crippen molar-refractivity contribution in [3.63, 3.8) is 0 Å². The van der Waals surface area contributed by atoms with Crippen LogP contribution in [0.3, 0.4) is 0 Å². The average molecular weight is 328 g/mol. The van der Waals surface area contributed by atoms with Gasteiger partial charge in [0.05, 0.1) is 6.54 Å². The summed E-state index contributed by atoms with van der Waals surface area (Å²) in [6.07, 6.45) is -0.425. The Morgan fingerprint density at radius 2 is 1.50 bits per heavy atom. The van der Waals surface area contributed by atoms with Crippen LogP contribution in [-0.4, -0.2) is 32.1 Å². The number of amides is 2. The average Bonchev–Trinajstić information content (AvgIpc) is 2.61. The molecule has 0 saturated carbocycles. The Morgan fingerprint density at radius 3 is 2.08 bits per heavy atom. The summed E-state index contributed by atoms with van der Waals surface area (Å²) in [7, 11) is 0. The molecular formula is C19H24N2O3. The maximum atomic E-state index is 11.9. The summed E-state index contributed by atoms with van der Waals surface area (Å²) in [5.74, 6) is 0. The Hall–Kier alpha value is -2.37. The molecule has 0 spiro atoms. The molecule has 2 aromatic rings. The van der Waals surface area contributed by atoms with Crippen LogP contribution < -0.4 is 10.6 Å². The van der Waals surface area contributed by atoms with Gasteiger partial charge in [0.25, 0.3) is 0 Å². The van der Waals surface area contributed by atoms with Crippen LogP contribution in [0.4, 0.5) is 10.5 Å². The molecule has 0 radical (unpaired) electrons. The quantitative estimate of drug-likeness (QED) is 0.723. The first-order valence-electron chi connectivity index (χ1n) is 8.16. The Bertz CT molecular complexity index is 608. The predicted molar refractivity (Wildman–Crippen MR) is 95.9 cm³/mol. The van der Waals surface area contributed by atoms with Gasteiger partial charge in [-0.1, -0.05) is 42.5 Å². The number of hydrogen-bond acceptors (Lipinski definition) is 3. The number of ether oxygens (including phenoxy) is 2. The molecule has 0 fully saturated rings. The zero-order valence-electron chi connectivity index (χ0n) is 14.1. The summed E-state index contributed by atoms with van der Waals surface area (Å²) >= 11 is 0. The van der Waals surface area contributed by atoms with Crippen molar-refractivity contribution < 1.29 is 14.3 Å². The third kappa shape index (κ3) is 5.68. The molecule has 0 saturated heterocycles. The van der Waals surface area contributed by atoms with Crippen molar-refractivity contribution in [2.24, 2.45) is 0 Å². The molecule has 0 atom stereocenters. The molecule has 0 heterocycles. The fourth-order valence-electron chi connectivity index (χ4n) is 2.27. The summed E-state index contributed by atoms with van der Waals surface area (Å²) in [5.41, 5.74) is 2.98. The van der Waals surface area contributed by atoms with Crippen LogP contribution in [0.5, 0.6) is 0 Å². The highest BCUT2D eigenvalue weighted by molar-refractivity contribution is 5.89. The first kappa shape index (κ1) is 18.0. The van der Waals surface area contributed by atoms with Crippen molar-refractivity contribution in [2.45, 2.75) is 20.1 Å². The van der Waals surface area contributed by atoms with Gasteiger partial charge in [0, 0.05) is 18.9 Å². The lowest BCUT2D eigenvalue weighted by Crippen LogP contribution is -2.37. The van der Waals surface area contributed by atoms with E-state index in [9.17, 15) is 4.79 Å². The highest BCUT2D eigenvalue weighted by Gasteiger charge is 2.10. The molecule has 0 aromatic heterocycles. The van der Waals surface area contributed by atoms with E-state index in [1.165, 1.54) is 0 Å². The van der Waals surface area contributed by atoms with Gasteiger partial charge < -0.3 is 20.1 Å². The third-order valence-corrected chi connectivity index (χ3v) is 3.38. The van der Waals surface area contributed by atoms with Crippen molar-refractivity contribution >= 4 is 11.7 Å². The molecule has 2 aromatic carbocycles. The lowest BCUT2D eigenvalue weighted by atomic mass is 10.1. The molecule has 2 rings (SSSR count). The second-order valence-electron chi connectivity index (χ2n) is 5.12. The number of carbonyl (C=O) groups excluding carboxylic acids is 1. The van der Waals surface area contributed by atoms with Crippen LogP contribution in [0.2, 0.25) is 0 Å². The zero-order valence-corrected chi connectivity index (χ0v) is 14.1. The molecule has 0 bridgehead atoms. The van der Waals surface area contributed by atoms with Gasteiger partial charge in [-0.25, -0.2) is 4.79 Å². The molecule has 2 amide bonds. The van der Waals surface area contributed by atoms with E-state index in [-0.39, 0.29) is 6.03 Å². The monoisotopic (exact) mass is 328 g/mol. The van der Waals surface area contributed by atoms with E-state index in [2.05, 4.69) is 22.8 Å². The normalized spacial score (nSPS) is 10.6. The minimum Gasteiger partial charge on any atom is -0.351 e. The van der Waals surface area contributed by atoms with E-state index in [0.29, 0.717) is 19.8 Å². The van der Waals surface area contributed by atoms with E-state index in [4.69, 9.17) is 9.47 Å². The van der Waals surface area contributed by atoms with Gasteiger partial charge in [-0.15, -0.1) is 0 Å². The summed E-state index contributed by atoms with van der Waals surface area (Å²) in [6.45, 7) is 5.15. The van der Waals surface area contributed by atoms with Gasteiger partial charge in [0.1, 0.15) is 0 Å². The molecule has 5 heteroatoms. The maximum Gasteiger partial charge on any atom is 0.319 e. The van der Waals surface area contributed by atoms with Gasteiger partial charge in [-0.05, 0) is 37.1 Å². The molecule has 0 unspecified atom stereocenters. The van der Waals surface area contributed by atoms with E-state index in [0.717, 1.165) is 16.8 Å². The molecule has 128 valence electrons. The molecule has 2 N–H and O–H groups in total. The molecule has 0 aliphatic rings. The summed E-state index contributed by atoms with van der Waals surface area (Å²) in [6, 6.07) is 17.5. The van der Waals surface area contributed by atoms with Crippen LogP contribution in [0, 0.1) is 0 Å². The van der Waals surface area contributed by atoms with Crippen molar-refractivity contribution in [3.05, 3.63) is 54.6 Å². The third-order valence-electron chi connectivity index (χ3n) is 3.38. The fourth-order valence-corrected chi connectivity index (χ4v) is 2.27. The molecule has 0 aliphatic carbocycles. The van der Waals surface area contributed by atoms with Crippen LogP contribution in [-0.2, 0) is 9.47 Å². The van der Waals surface area contributed by atoms with Crippen LogP contribution in [0.1, 0.15) is 13.8 Å². The largest absolute Gasteiger partial charge is 0.351 e. The molecule has 5 nitrogen and oxygen atoms in total. The first-order chi connectivity index (χ1) is 11.7. The number of anilines is 1. The van der Waals surface area contributed by atoms with E-state index in [1.54, 1.807) is 0 Å². The Morgan fingerprint density at radius 1 is 0.917 bits per heavy atom. The highest BCUT2D eigenvalue weighted by atomic mass is 16.7. The fraction of sp³-hybridized carbons (Fsp3) is 0.316. The van der Waals surface area contributed by atoms with Crippen molar-refractivity contribution in [3.8, 4) is 11.1 Å². The minimum absolute atomic E-state index is 0.285. The summed E-state index contributed by atoms with van der Waals surface area (Å²) < 4.78 is 10.8. The molecule has 0 aliphatic heterocycles. The second kappa shape index (κ2) is 9.70. The SMILES string of the molecule is CCOC(CNC(=O)Nc1ccc(-c2ccccc2)cc1)OCC. The summed E-state index contributed by atoms with van der Waals surface area (Å²) in [4.78, 5) is 11.9.